The van der Waals surface area contributed by atoms with Crippen molar-refractivity contribution in [2.75, 3.05) is 5.32 Å². The highest BCUT2D eigenvalue weighted by Crippen LogP contribution is 2.16. The maximum atomic E-state index is 10.8. The fourth-order valence-electron chi connectivity index (χ4n) is 1.30. The summed E-state index contributed by atoms with van der Waals surface area (Å²) in [7, 11) is 0. The molecule has 13 heavy (non-hydrogen) atoms. The van der Waals surface area contributed by atoms with Crippen LogP contribution in [0.3, 0.4) is 0 Å². The fraction of sp³-hybridized carbons (Fsp3) is 0.250. The Bertz CT molecular complexity index is 391. The summed E-state index contributed by atoms with van der Waals surface area (Å²) in [5.41, 5.74) is 6.60. The minimum Gasteiger partial charge on any atom is -0.366 e. The van der Waals surface area contributed by atoms with E-state index in [0.717, 1.165) is 11.5 Å². The standard InChI is InChI=1S/C8H10N4O/c1-5-2-7-10-3-6(8(9)13)4-12(7)11-5/h2-3,10H,4H2,1H3,(H2,9,13). The van der Waals surface area contributed by atoms with Crippen LogP contribution in [-0.2, 0) is 11.3 Å². The Morgan fingerprint density at radius 2 is 2.54 bits per heavy atom. The molecule has 2 rings (SSSR count). The molecule has 0 unspecified atom stereocenters. The first kappa shape index (κ1) is 7.85. The van der Waals surface area contributed by atoms with Gasteiger partial charge in [-0.15, -0.1) is 0 Å². The smallest absolute Gasteiger partial charge is 0.247 e. The third-order valence-electron chi connectivity index (χ3n) is 1.93. The predicted molar refractivity (Wildman–Crippen MR) is 47.9 cm³/mol. The van der Waals surface area contributed by atoms with Crippen molar-refractivity contribution in [3.63, 3.8) is 0 Å². The van der Waals surface area contributed by atoms with Crippen molar-refractivity contribution in [1.29, 1.82) is 0 Å². The molecular weight excluding hydrogens is 168 g/mol. The summed E-state index contributed by atoms with van der Waals surface area (Å²) in [5, 5.41) is 7.14. The third-order valence-corrected chi connectivity index (χ3v) is 1.93. The molecule has 1 aromatic rings. The normalized spacial score (nSPS) is 14.4. The van der Waals surface area contributed by atoms with Crippen LogP contribution in [0.2, 0.25) is 0 Å². The first-order valence-corrected chi connectivity index (χ1v) is 3.96. The number of carbonyl (C=O) groups is 1. The predicted octanol–water partition coefficient (Wildman–Crippen LogP) is -0.0138. The molecule has 5 nitrogen and oxygen atoms in total. The average Bonchev–Trinajstić information content (AvgIpc) is 2.42. The van der Waals surface area contributed by atoms with Gasteiger partial charge in [0, 0.05) is 12.3 Å². The Labute approximate surface area is 75.2 Å². The zero-order valence-electron chi connectivity index (χ0n) is 7.24. The van der Waals surface area contributed by atoms with Crippen LogP contribution in [0.1, 0.15) is 5.69 Å². The van der Waals surface area contributed by atoms with Gasteiger partial charge < -0.3 is 11.1 Å². The molecule has 0 radical (unpaired) electrons. The summed E-state index contributed by atoms with van der Waals surface area (Å²) in [6.45, 7) is 2.35. The van der Waals surface area contributed by atoms with E-state index in [1.54, 1.807) is 10.9 Å². The number of rotatable bonds is 1. The molecule has 0 aliphatic carbocycles. The number of hydrogen-bond acceptors (Lipinski definition) is 3. The van der Waals surface area contributed by atoms with Gasteiger partial charge in [-0.25, -0.2) is 4.68 Å². The summed E-state index contributed by atoms with van der Waals surface area (Å²) in [6.07, 6.45) is 1.62. The van der Waals surface area contributed by atoms with Gasteiger partial charge in [0.25, 0.3) is 0 Å². The number of nitrogens with zero attached hydrogens (tertiary/aromatic N) is 2. The van der Waals surface area contributed by atoms with Crippen molar-refractivity contribution in [1.82, 2.24) is 9.78 Å². The molecular formula is C8H10N4O. The van der Waals surface area contributed by atoms with E-state index in [9.17, 15) is 4.79 Å². The molecule has 0 spiro atoms. The van der Waals surface area contributed by atoms with E-state index in [4.69, 9.17) is 5.73 Å². The first-order valence-electron chi connectivity index (χ1n) is 3.96. The third kappa shape index (κ3) is 1.28. The average molecular weight is 178 g/mol. The Morgan fingerprint density at radius 1 is 1.77 bits per heavy atom. The maximum absolute atomic E-state index is 10.8. The van der Waals surface area contributed by atoms with Crippen LogP contribution in [0.4, 0.5) is 5.82 Å². The van der Waals surface area contributed by atoms with Crippen LogP contribution < -0.4 is 11.1 Å². The van der Waals surface area contributed by atoms with Crippen LogP contribution in [0.25, 0.3) is 0 Å². The van der Waals surface area contributed by atoms with Crippen molar-refractivity contribution < 1.29 is 4.79 Å². The molecule has 0 saturated carbocycles. The van der Waals surface area contributed by atoms with E-state index in [2.05, 4.69) is 10.4 Å². The van der Waals surface area contributed by atoms with Gasteiger partial charge in [0.1, 0.15) is 5.82 Å². The number of carbonyl (C=O) groups excluding carboxylic acids is 1. The molecule has 0 fully saturated rings. The van der Waals surface area contributed by atoms with Crippen LogP contribution in [-0.4, -0.2) is 15.7 Å². The van der Waals surface area contributed by atoms with Crippen LogP contribution >= 0.6 is 0 Å². The van der Waals surface area contributed by atoms with Crippen molar-refractivity contribution in [3.05, 3.63) is 23.5 Å². The van der Waals surface area contributed by atoms with Crippen LogP contribution in [0.5, 0.6) is 0 Å². The Kier molecular flexibility index (Phi) is 1.58. The molecule has 1 aliphatic heterocycles. The van der Waals surface area contributed by atoms with Gasteiger partial charge in [0.2, 0.25) is 5.91 Å². The summed E-state index contributed by atoms with van der Waals surface area (Å²) < 4.78 is 1.72. The molecule has 68 valence electrons. The fourth-order valence-corrected chi connectivity index (χ4v) is 1.30. The van der Waals surface area contributed by atoms with E-state index in [1.165, 1.54) is 0 Å². The van der Waals surface area contributed by atoms with Crippen LogP contribution in [0.15, 0.2) is 17.8 Å². The zero-order chi connectivity index (χ0) is 9.42. The summed E-state index contributed by atoms with van der Waals surface area (Å²) in [6, 6.07) is 1.91. The lowest BCUT2D eigenvalue weighted by atomic mass is 10.2. The number of hydrogen-bond donors (Lipinski definition) is 2. The second-order valence-corrected chi connectivity index (χ2v) is 3.01. The number of fused-ring (bicyclic) bond motifs is 1. The summed E-state index contributed by atoms with van der Waals surface area (Å²) in [4.78, 5) is 10.8. The van der Waals surface area contributed by atoms with Crippen molar-refractivity contribution in [2.24, 2.45) is 5.73 Å². The van der Waals surface area contributed by atoms with E-state index in [-0.39, 0.29) is 0 Å². The van der Waals surface area contributed by atoms with E-state index in [1.807, 2.05) is 13.0 Å². The Balaban J connectivity index is 2.31. The van der Waals surface area contributed by atoms with Gasteiger partial charge in [-0.1, -0.05) is 0 Å². The highest BCUT2D eigenvalue weighted by molar-refractivity contribution is 5.92. The second-order valence-electron chi connectivity index (χ2n) is 3.01. The lowest BCUT2D eigenvalue weighted by Crippen LogP contribution is -2.23. The molecule has 0 aromatic carbocycles. The monoisotopic (exact) mass is 178 g/mol. The van der Waals surface area contributed by atoms with Crippen LogP contribution in [0, 0.1) is 6.92 Å². The second kappa shape index (κ2) is 2.62. The Hall–Kier alpha value is -1.78. The largest absolute Gasteiger partial charge is 0.366 e. The Morgan fingerprint density at radius 3 is 3.23 bits per heavy atom. The molecule has 0 saturated heterocycles. The number of anilines is 1. The lowest BCUT2D eigenvalue weighted by molar-refractivity contribution is -0.114. The van der Waals surface area contributed by atoms with Gasteiger partial charge in [-0.2, -0.15) is 5.10 Å². The van der Waals surface area contributed by atoms with Gasteiger partial charge in [-0.05, 0) is 6.92 Å². The van der Waals surface area contributed by atoms with Crippen molar-refractivity contribution >= 4 is 11.7 Å². The minimum absolute atomic E-state index is 0.411. The van der Waals surface area contributed by atoms with Gasteiger partial charge in [0.15, 0.2) is 0 Å². The highest BCUT2D eigenvalue weighted by Gasteiger charge is 2.14. The van der Waals surface area contributed by atoms with E-state index < -0.39 is 5.91 Å². The molecule has 1 aliphatic rings. The lowest BCUT2D eigenvalue weighted by Gasteiger charge is -2.13. The highest BCUT2D eigenvalue weighted by atomic mass is 16.1. The molecule has 0 bridgehead atoms. The van der Waals surface area contributed by atoms with E-state index >= 15 is 0 Å². The number of primary amides is 1. The number of nitrogens with one attached hydrogen (secondary N) is 1. The van der Waals surface area contributed by atoms with Gasteiger partial charge in [0.05, 0.1) is 17.8 Å². The number of nitrogens with two attached hydrogens (primary N) is 1. The SMILES string of the molecule is Cc1cc2n(n1)CC(C(N)=O)=CN2. The molecule has 0 atom stereocenters. The summed E-state index contributed by atoms with van der Waals surface area (Å²) in [5.74, 6) is 0.480. The van der Waals surface area contributed by atoms with Crippen molar-refractivity contribution in [3.8, 4) is 0 Å². The molecule has 5 heteroatoms. The molecule has 1 amide bonds. The molecule has 1 aromatic heterocycles. The quantitative estimate of drug-likeness (QED) is 0.635. The maximum Gasteiger partial charge on any atom is 0.247 e. The number of amides is 1. The number of aryl methyl sites for hydroxylation is 1. The van der Waals surface area contributed by atoms with Crippen molar-refractivity contribution in [2.45, 2.75) is 13.5 Å². The number of aromatic nitrogens is 2. The first-order chi connectivity index (χ1) is 6.16. The van der Waals surface area contributed by atoms with Gasteiger partial charge in [-0.3, -0.25) is 4.79 Å². The minimum atomic E-state index is -0.411. The molecule has 3 N–H and O–H groups in total. The zero-order valence-corrected chi connectivity index (χ0v) is 7.24. The topological polar surface area (TPSA) is 72.9 Å². The van der Waals surface area contributed by atoms with E-state index in [0.29, 0.717) is 12.1 Å². The molecule has 2 heterocycles. The van der Waals surface area contributed by atoms with Gasteiger partial charge >= 0.3 is 0 Å². The summed E-state index contributed by atoms with van der Waals surface area (Å²) >= 11 is 0.